The molecule has 22 heavy (non-hydrogen) atoms. The number of carbonyl (C=O) groups is 2. The van der Waals surface area contributed by atoms with Gasteiger partial charge in [0, 0.05) is 5.69 Å². The number of nitrogens with one attached hydrogen (secondary N) is 1. The van der Waals surface area contributed by atoms with Crippen LogP contribution in [-0.4, -0.2) is 26.2 Å². The van der Waals surface area contributed by atoms with Crippen LogP contribution in [0.1, 0.15) is 20.7 Å². The molecule has 2 aromatic carbocycles. The van der Waals surface area contributed by atoms with E-state index in [9.17, 15) is 9.59 Å². The highest BCUT2D eigenvalue weighted by molar-refractivity contribution is 5.93. The minimum atomic E-state index is -0.453. The fourth-order valence-corrected chi connectivity index (χ4v) is 1.92. The van der Waals surface area contributed by atoms with E-state index in [-0.39, 0.29) is 0 Å². The quantitative estimate of drug-likeness (QED) is 0.666. The van der Waals surface area contributed by atoms with E-state index in [1.807, 2.05) is 0 Å². The first kappa shape index (κ1) is 15.4. The Morgan fingerprint density at radius 3 is 2.18 bits per heavy atom. The van der Waals surface area contributed by atoms with Gasteiger partial charge in [-0.15, -0.1) is 0 Å². The van der Waals surface area contributed by atoms with Gasteiger partial charge in [-0.1, -0.05) is 6.07 Å². The van der Waals surface area contributed by atoms with Crippen LogP contribution >= 0.6 is 0 Å². The van der Waals surface area contributed by atoms with Crippen molar-refractivity contribution < 1.29 is 19.1 Å². The molecular weight excluding hydrogens is 284 g/mol. The second-order valence-corrected chi connectivity index (χ2v) is 4.49. The molecule has 0 saturated carbocycles. The van der Waals surface area contributed by atoms with Gasteiger partial charge < -0.3 is 20.5 Å². The topological polar surface area (TPSA) is 90.6 Å². The lowest BCUT2D eigenvalue weighted by atomic mass is 10.1. The third-order valence-electron chi connectivity index (χ3n) is 3.04. The van der Waals surface area contributed by atoms with Gasteiger partial charge in [0.1, 0.15) is 0 Å². The molecule has 0 heterocycles. The van der Waals surface area contributed by atoms with Crippen molar-refractivity contribution in [3.63, 3.8) is 0 Å². The lowest BCUT2D eigenvalue weighted by molar-refractivity contribution is 0.0592. The van der Waals surface area contributed by atoms with Crippen LogP contribution in [0.4, 0.5) is 17.1 Å². The van der Waals surface area contributed by atoms with Gasteiger partial charge in [-0.05, 0) is 36.4 Å². The summed E-state index contributed by atoms with van der Waals surface area (Å²) in [6.45, 7) is 0. The van der Waals surface area contributed by atoms with Crippen LogP contribution in [0.2, 0.25) is 0 Å². The predicted octanol–water partition coefficient (Wildman–Crippen LogP) is 2.59. The molecule has 0 aliphatic rings. The summed E-state index contributed by atoms with van der Waals surface area (Å²) >= 11 is 0. The van der Waals surface area contributed by atoms with E-state index in [2.05, 4.69) is 14.8 Å². The molecule has 0 aromatic heterocycles. The first-order chi connectivity index (χ1) is 10.5. The van der Waals surface area contributed by atoms with Gasteiger partial charge in [-0.2, -0.15) is 0 Å². The summed E-state index contributed by atoms with van der Waals surface area (Å²) in [6, 6.07) is 11.6. The standard InChI is InChI=1S/C16H16N2O4/c1-21-15(19)10-4-3-5-12(8-10)18-14-7-6-11(9-13(14)17)16(20)22-2/h3-9,18H,17H2,1-2H3. The third-order valence-corrected chi connectivity index (χ3v) is 3.04. The molecule has 2 rings (SSSR count). The van der Waals surface area contributed by atoms with Crippen molar-refractivity contribution in [3.05, 3.63) is 53.6 Å². The Bertz CT molecular complexity index is 713. The van der Waals surface area contributed by atoms with Gasteiger partial charge in [0.2, 0.25) is 0 Å². The van der Waals surface area contributed by atoms with Gasteiger partial charge in [-0.3, -0.25) is 0 Å². The largest absolute Gasteiger partial charge is 0.465 e. The first-order valence-electron chi connectivity index (χ1n) is 6.48. The molecule has 6 heteroatoms. The van der Waals surface area contributed by atoms with Crippen molar-refractivity contribution >= 4 is 29.0 Å². The fraction of sp³-hybridized carbons (Fsp3) is 0.125. The van der Waals surface area contributed by atoms with Crippen LogP contribution in [0.15, 0.2) is 42.5 Å². The zero-order valence-corrected chi connectivity index (χ0v) is 12.3. The Labute approximate surface area is 127 Å². The van der Waals surface area contributed by atoms with E-state index in [0.29, 0.717) is 28.2 Å². The third kappa shape index (κ3) is 3.35. The zero-order chi connectivity index (χ0) is 16.1. The maximum absolute atomic E-state index is 11.5. The number of benzene rings is 2. The number of carbonyl (C=O) groups excluding carboxylic acids is 2. The summed E-state index contributed by atoms with van der Waals surface area (Å²) in [5, 5.41) is 3.09. The molecule has 0 bridgehead atoms. The molecule has 0 radical (unpaired) electrons. The fourth-order valence-electron chi connectivity index (χ4n) is 1.92. The van der Waals surface area contributed by atoms with Crippen molar-refractivity contribution in [2.75, 3.05) is 25.3 Å². The zero-order valence-electron chi connectivity index (χ0n) is 12.3. The number of ether oxygens (including phenoxy) is 2. The van der Waals surface area contributed by atoms with Crippen LogP contribution < -0.4 is 11.1 Å². The summed E-state index contributed by atoms with van der Waals surface area (Å²) in [7, 11) is 2.63. The van der Waals surface area contributed by atoms with Gasteiger partial charge in [0.25, 0.3) is 0 Å². The maximum Gasteiger partial charge on any atom is 0.337 e. The molecular formula is C16H16N2O4. The highest BCUT2D eigenvalue weighted by Gasteiger charge is 2.09. The van der Waals surface area contributed by atoms with E-state index in [0.717, 1.165) is 0 Å². The Hall–Kier alpha value is -3.02. The molecule has 0 atom stereocenters. The molecule has 0 saturated heterocycles. The van der Waals surface area contributed by atoms with Crippen molar-refractivity contribution in [1.29, 1.82) is 0 Å². The summed E-state index contributed by atoms with van der Waals surface area (Å²) in [4.78, 5) is 23.0. The van der Waals surface area contributed by atoms with Crippen LogP contribution in [0.3, 0.4) is 0 Å². The Balaban J connectivity index is 2.24. The highest BCUT2D eigenvalue weighted by Crippen LogP contribution is 2.25. The van der Waals surface area contributed by atoms with Gasteiger partial charge in [0.15, 0.2) is 0 Å². The number of anilines is 3. The number of nitrogen functional groups attached to an aromatic ring is 1. The van der Waals surface area contributed by atoms with Gasteiger partial charge >= 0.3 is 11.9 Å². The average Bonchev–Trinajstić information content (AvgIpc) is 2.55. The van der Waals surface area contributed by atoms with E-state index >= 15 is 0 Å². The average molecular weight is 300 g/mol. The van der Waals surface area contributed by atoms with E-state index in [4.69, 9.17) is 5.73 Å². The van der Waals surface area contributed by atoms with Crippen molar-refractivity contribution in [2.45, 2.75) is 0 Å². The summed E-state index contributed by atoms with van der Waals surface area (Å²) in [5.74, 6) is -0.872. The van der Waals surface area contributed by atoms with E-state index < -0.39 is 11.9 Å². The highest BCUT2D eigenvalue weighted by atomic mass is 16.5. The van der Waals surface area contributed by atoms with Crippen LogP contribution in [0.5, 0.6) is 0 Å². The Morgan fingerprint density at radius 1 is 0.955 bits per heavy atom. The summed E-state index contributed by atoms with van der Waals surface area (Å²) in [5.41, 5.74) is 8.42. The monoisotopic (exact) mass is 300 g/mol. The molecule has 6 nitrogen and oxygen atoms in total. The number of rotatable bonds is 4. The maximum atomic E-state index is 11.5. The molecule has 3 N–H and O–H groups in total. The number of hydrogen-bond acceptors (Lipinski definition) is 6. The molecule has 114 valence electrons. The van der Waals surface area contributed by atoms with Crippen molar-refractivity contribution in [3.8, 4) is 0 Å². The molecule has 0 aliphatic heterocycles. The SMILES string of the molecule is COC(=O)c1cccc(Nc2ccc(C(=O)OC)cc2N)c1. The second kappa shape index (κ2) is 6.62. The molecule has 0 amide bonds. The molecule has 0 fully saturated rings. The van der Waals surface area contributed by atoms with Crippen LogP contribution in [0, 0.1) is 0 Å². The van der Waals surface area contributed by atoms with Crippen LogP contribution in [-0.2, 0) is 9.47 Å². The summed E-state index contributed by atoms with van der Waals surface area (Å²) in [6.07, 6.45) is 0. The number of nitrogens with two attached hydrogens (primary N) is 1. The van der Waals surface area contributed by atoms with Crippen molar-refractivity contribution in [2.24, 2.45) is 0 Å². The lowest BCUT2D eigenvalue weighted by Crippen LogP contribution is -2.04. The smallest absolute Gasteiger partial charge is 0.337 e. The normalized spacial score (nSPS) is 9.91. The van der Waals surface area contributed by atoms with Gasteiger partial charge in [-0.25, -0.2) is 9.59 Å². The minimum absolute atomic E-state index is 0.369. The number of hydrogen-bond donors (Lipinski definition) is 2. The predicted molar refractivity (Wildman–Crippen MR) is 83.3 cm³/mol. The molecule has 2 aromatic rings. The second-order valence-electron chi connectivity index (χ2n) is 4.49. The molecule has 0 aliphatic carbocycles. The molecule has 0 spiro atoms. The Kier molecular flexibility index (Phi) is 4.63. The Morgan fingerprint density at radius 2 is 1.59 bits per heavy atom. The number of esters is 2. The first-order valence-corrected chi connectivity index (χ1v) is 6.48. The van der Waals surface area contributed by atoms with Gasteiger partial charge in [0.05, 0.1) is 36.7 Å². The lowest BCUT2D eigenvalue weighted by Gasteiger charge is -2.11. The van der Waals surface area contributed by atoms with E-state index in [1.165, 1.54) is 20.3 Å². The summed E-state index contributed by atoms with van der Waals surface area (Å²) < 4.78 is 9.31. The van der Waals surface area contributed by atoms with Crippen molar-refractivity contribution in [1.82, 2.24) is 0 Å². The van der Waals surface area contributed by atoms with Crippen LogP contribution in [0.25, 0.3) is 0 Å². The minimum Gasteiger partial charge on any atom is -0.465 e. The molecule has 0 unspecified atom stereocenters. The number of methoxy groups -OCH3 is 2. The van der Waals surface area contributed by atoms with E-state index in [1.54, 1.807) is 36.4 Å².